The Hall–Kier alpha value is -1.23. The largest absolute Gasteiger partial charge is 0.493 e. The zero-order chi connectivity index (χ0) is 14.7. The van der Waals surface area contributed by atoms with Gasteiger partial charge in [0, 0.05) is 0 Å². The summed E-state index contributed by atoms with van der Waals surface area (Å²) >= 11 is 3.50. The lowest BCUT2D eigenvalue weighted by Gasteiger charge is -2.22. The van der Waals surface area contributed by atoms with Crippen molar-refractivity contribution in [2.75, 3.05) is 14.2 Å². The first-order valence-electron chi connectivity index (χ1n) is 6.02. The summed E-state index contributed by atoms with van der Waals surface area (Å²) in [6.45, 7) is 5.70. The van der Waals surface area contributed by atoms with E-state index >= 15 is 0 Å². The van der Waals surface area contributed by atoms with Crippen molar-refractivity contribution in [1.29, 1.82) is 0 Å². The minimum atomic E-state index is -0.860. The van der Waals surface area contributed by atoms with Crippen LogP contribution in [0.5, 0.6) is 11.5 Å². The van der Waals surface area contributed by atoms with Crippen molar-refractivity contribution >= 4 is 21.9 Å². The number of carboxylic acids is 1. The average Bonchev–Trinajstić information content (AvgIpc) is 2.35. The molecule has 1 unspecified atom stereocenters. The number of rotatable bonds is 5. The molecule has 1 N–H and O–H groups in total. The molecule has 5 heteroatoms. The van der Waals surface area contributed by atoms with E-state index in [1.807, 2.05) is 13.8 Å². The summed E-state index contributed by atoms with van der Waals surface area (Å²) in [6.07, 6.45) is 0. The average molecular weight is 331 g/mol. The summed E-state index contributed by atoms with van der Waals surface area (Å²) in [4.78, 5) is 11.3. The third-order valence-corrected chi connectivity index (χ3v) is 3.88. The lowest BCUT2D eigenvalue weighted by atomic mass is 9.89. The molecule has 0 saturated heterocycles. The molecule has 106 valence electrons. The smallest absolute Gasteiger partial charge is 0.310 e. The predicted molar refractivity (Wildman–Crippen MR) is 77.4 cm³/mol. The van der Waals surface area contributed by atoms with Crippen LogP contribution in [-0.4, -0.2) is 25.3 Å². The second-order valence-corrected chi connectivity index (χ2v) is 5.44. The highest BCUT2D eigenvalue weighted by Gasteiger charge is 2.25. The lowest BCUT2D eigenvalue weighted by Crippen LogP contribution is -2.12. The molecule has 0 fully saturated rings. The van der Waals surface area contributed by atoms with E-state index in [4.69, 9.17) is 9.47 Å². The molecule has 19 heavy (non-hydrogen) atoms. The van der Waals surface area contributed by atoms with E-state index in [1.54, 1.807) is 20.1 Å². The van der Waals surface area contributed by atoms with Gasteiger partial charge in [0.25, 0.3) is 0 Å². The molecule has 0 aliphatic carbocycles. The van der Waals surface area contributed by atoms with Crippen LogP contribution in [-0.2, 0) is 4.79 Å². The van der Waals surface area contributed by atoms with E-state index in [0.717, 1.165) is 15.6 Å². The number of ether oxygens (including phenoxy) is 2. The predicted octanol–water partition coefficient (Wildman–Crippen LogP) is 3.78. The van der Waals surface area contributed by atoms with Gasteiger partial charge in [-0.05, 0) is 46.0 Å². The summed E-state index contributed by atoms with van der Waals surface area (Å²) in [5.41, 5.74) is 1.68. The van der Waals surface area contributed by atoms with Crippen LogP contribution in [0.15, 0.2) is 10.5 Å². The molecular weight excluding hydrogens is 312 g/mol. The minimum absolute atomic E-state index is 0.172. The second kappa shape index (κ2) is 6.28. The Kier molecular flexibility index (Phi) is 5.23. The Morgan fingerprint density at radius 3 is 2.21 bits per heavy atom. The molecule has 4 nitrogen and oxygen atoms in total. The van der Waals surface area contributed by atoms with Gasteiger partial charge in [-0.3, -0.25) is 4.79 Å². The molecule has 1 aromatic rings. The topological polar surface area (TPSA) is 55.8 Å². The minimum Gasteiger partial charge on any atom is -0.493 e. The van der Waals surface area contributed by atoms with Crippen molar-refractivity contribution in [3.05, 3.63) is 21.7 Å². The highest BCUT2D eigenvalue weighted by Crippen LogP contribution is 2.44. The maximum absolute atomic E-state index is 11.3. The van der Waals surface area contributed by atoms with E-state index in [2.05, 4.69) is 15.9 Å². The highest BCUT2D eigenvalue weighted by atomic mass is 79.9. The molecular formula is C14H19BrO4. The van der Waals surface area contributed by atoms with Gasteiger partial charge in [0.2, 0.25) is 0 Å². The summed E-state index contributed by atoms with van der Waals surface area (Å²) in [7, 11) is 3.10. The molecule has 0 aliphatic rings. The number of carbonyl (C=O) groups is 1. The van der Waals surface area contributed by atoms with E-state index in [0.29, 0.717) is 11.5 Å². The van der Waals surface area contributed by atoms with Gasteiger partial charge in [-0.1, -0.05) is 13.8 Å². The third-order valence-electron chi connectivity index (χ3n) is 3.10. The van der Waals surface area contributed by atoms with Gasteiger partial charge in [0.15, 0.2) is 11.5 Å². The number of benzene rings is 1. The maximum Gasteiger partial charge on any atom is 0.310 e. The summed E-state index contributed by atoms with van der Waals surface area (Å²) in [6, 6.07) is 1.75. The maximum atomic E-state index is 11.3. The first kappa shape index (κ1) is 15.8. The molecule has 0 bridgehead atoms. The van der Waals surface area contributed by atoms with Crippen LogP contribution in [0.1, 0.15) is 43.7 Å². The van der Waals surface area contributed by atoms with Crippen LogP contribution in [0.3, 0.4) is 0 Å². The number of aliphatic carboxylic acids is 1. The quantitative estimate of drug-likeness (QED) is 0.892. The molecule has 0 heterocycles. The summed E-state index contributed by atoms with van der Waals surface area (Å²) in [5, 5.41) is 9.24. The first-order chi connectivity index (χ1) is 8.84. The number of carboxylic acid groups (broad SMARTS) is 1. The molecule has 1 atom stereocenters. The molecule has 1 rings (SSSR count). The second-order valence-electron chi connectivity index (χ2n) is 4.64. The third kappa shape index (κ3) is 3.03. The van der Waals surface area contributed by atoms with Gasteiger partial charge in [-0.15, -0.1) is 0 Å². The van der Waals surface area contributed by atoms with Crippen LogP contribution < -0.4 is 9.47 Å². The van der Waals surface area contributed by atoms with Crippen molar-refractivity contribution in [2.45, 2.75) is 32.6 Å². The van der Waals surface area contributed by atoms with E-state index in [1.165, 1.54) is 7.11 Å². The van der Waals surface area contributed by atoms with Crippen LogP contribution in [0.2, 0.25) is 0 Å². The first-order valence-corrected chi connectivity index (χ1v) is 6.81. The van der Waals surface area contributed by atoms with Crippen molar-refractivity contribution in [2.24, 2.45) is 0 Å². The summed E-state index contributed by atoms with van der Waals surface area (Å²) in [5.74, 6) is -0.171. The molecule has 0 amide bonds. The number of halogens is 1. The Morgan fingerprint density at radius 2 is 1.84 bits per heavy atom. The van der Waals surface area contributed by atoms with Crippen molar-refractivity contribution < 1.29 is 19.4 Å². The Bertz CT molecular complexity index is 483. The Balaban J connectivity index is 3.61. The zero-order valence-electron chi connectivity index (χ0n) is 11.8. The highest BCUT2D eigenvalue weighted by molar-refractivity contribution is 9.10. The van der Waals surface area contributed by atoms with Crippen molar-refractivity contribution in [3.8, 4) is 11.5 Å². The van der Waals surface area contributed by atoms with Crippen LogP contribution >= 0.6 is 15.9 Å². The lowest BCUT2D eigenvalue weighted by molar-refractivity contribution is -0.138. The van der Waals surface area contributed by atoms with Gasteiger partial charge in [-0.2, -0.15) is 0 Å². The van der Waals surface area contributed by atoms with Crippen molar-refractivity contribution in [3.63, 3.8) is 0 Å². The fourth-order valence-electron chi connectivity index (χ4n) is 2.06. The molecule has 0 aromatic heterocycles. The van der Waals surface area contributed by atoms with Gasteiger partial charge in [0.05, 0.1) is 24.6 Å². The summed E-state index contributed by atoms with van der Waals surface area (Å²) < 4.78 is 11.4. The standard InChI is InChI=1S/C14H19BrO4/c1-7(2)11-9(8(3)14(16)17)6-10(18-4)13(19-5)12(11)15/h6-8H,1-5H3,(H,16,17). The van der Waals surface area contributed by atoms with Gasteiger partial charge in [-0.25, -0.2) is 0 Å². The molecule has 0 aliphatic heterocycles. The number of hydrogen-bond donors (Lipinski definition) is 1. The molecule has 0 radical (unpaired) electrons. The van der Waals surface area contributed by atoms with E-state index in [9.17, 15) is 9.90 Å². The van der Waals surface area contributed by atoms with E-state index in [-0.39, 0.29) is 5.92 Å². The Morgan fingerprint density at radius 1 is 1.26 bits per heavy atom. The molecule has 1 aromatic carbocycles. The normalized spacial score (nSPS) is 12.4. The monoisotopic (exact) mass is 330 g/mol. The van der Waals surface area contributed by atoms with Crippen LogP contribution in [0.4, 0.5) is 0 Å². The Labute approximate surface area is 121 Å². The van der Waals surface area contributed by atoms with Crippen molar-refractivity contribution in [1.82, 2.24) is 0 Å². The van der Waals surface area contributed by atoms with Gasteiger partial charge in [0.1, 0.15) is 0 Å². The fourth-order valence-corrected chi connectivity index (χ4v) is 3.11. The molecule has 0 saturated carbocycles. The fraction of sp³-hybridized carbons (Fsp3) is 0.500. The zero-order valence-corrected chi connectivity index (χ0v) is 13.4. The number of hydrogen-bond acceptors (Lipinski definition) is 3. The SMILES string of the molecule is COc1cc(C(C)C(=O)O)c(C(C)C)c(Br)c1OC. The number of methoxy groups -OCH3 is 2. The van der Waals surface area contributed by atoms with Gasteiger partial charge >= 0.3 is 5.97 Å². The van der Waals surface area contributed by atoms with E-state index < -0.39 is 11.9 Å². The molecule has 0 spiro atoms. The van der Waals surface area contributed by atoms with Crippen LogP contribution in [0, 0.1) is 0 Å². The van der Waals surface area contributed by atoms with Crippen LogP contribution in [0.25, 0.3) is 0 Å². The van der Waals surface area contributed by atoms with Gasteiger partial charge < -0.3 is 14.6 Å².